The number of benzene rings is 2. The maximum Gasteiger partial charge on any atom is 0.132 e. The van der Waals surface area contributed by atoms with E-state index in [1.807, 2.05) is 36.4 Å². The molecule has 1 aliphatic heterocycles. The van der Waals surface area contributed by atoms with Crippen molar-refractivity contribution in [1.29, 1.82) is 0 Å². The zero-order valence-electron chi connectivity index (χ0n) is 14.8. The van der Waals surface area contributed by atoms with Gasteiger partial charge in [0.15, 0.2) is 0 Å². The first-order valence-corrected chi connectivity index (χ1v) is 10.1. The second-order valence-electron chi connectivity index (χ2n) is 6.09. The van der Waals surface area contributed by atoms with Crippen LogP contribution in [0.3, 0.4) is 0 Å². The Morgan fingerprint density at radius 3 is 2.78 bits per heavy atom. The van der Waals surface area contributed by atoms with Crippen LogP contribution in [0.1, 0.15) is 23.7 Å². The van der Waals surface area contributed by atoms with Crippen LogP contribution in [-0.2, 0) is 0 Å². The van der Waals surface area contributed by atoms with Crippen molar-refractivity contribution >= 4 is 47.4 Å². The number of para-hydroxylation sites is 1. The van der Waals surface area contributed by atoms with Gasteiger partial charge in [-0.15, -0.1) is 0 Å². The van der Waals surface area contributed by atoms with Crippen LogP contribution in [0.15, 0.2) is 58.9 Å². The van der Waals surface area contributed by atoms with E-state index in [9.17, 15) is 0 Å². The molecular weight excluding hydrogens is 399 g/mol. The molecular formula is C20H22Cl2N4S. The molecule has 3 N–H and O–H groups in total. The van der Waals surface area contributed by atoms with E-state index in [0.29, 0.717) is 16.6 Å². The summed E-state index contributed by atoms with van der Waals surface area (Å²) in [5.74, 6) is 0.859. The minimum atomic E-state index is -0.170. The van der Waals surface area contributed by atoms with Crippen molar-refractivity contribution < 1.29 is 0 Å². The zero-order valence-corrected chi connectivity index (χ0v) is 17.2. The number of fused-ring (bicyclic) bond motifs is 1. The average Bonchev–Trinajstić information content (AvgIpc) is 2.67. The number of aliphatic imine (C=N–C) groups is 1. The number of halogens is 2. The second-order valence-corrected chi connectivity index (χ2v) is 7.23. The Bertz CT molecular complexity index is 838. The van der Waals surface area contributed by atoms with Crippen molar-refractivity contribution in [3.63, 3.8) is 0 Å². The van der Waals surface area contributed by atoms with E-state index in [2.05, 4.69) is 34.6 Å². The number of nitrogens with zero attached hydrogens (tertiary/aromatic N) is 1. The lowest BCUT2D eigenvalue weighted by molar-refractivity contribution is 0.686. The van der Waals surface area contributed by atoms with Crippen LogP contribution >= 0.6 is 35.8 Å². The minimum Gasteiger partial charge on any atom is -0.361 e. The molecule has 0 saturated carbocycles. The summed E-state index contributed by atoms with van der Waals surface area (Å²) in [6, 6.07) is 13.6. The fourth-order valence-electron chi connectivity index (χ4n) is 2.88. The van der Waals surface area contributed by atoms with Gasteiger partial charge in [0.1, 0.15) is 12.0 Å². The zero-order chi connectivity index (χ0) is 19.1. The summed E-state index contributed by atoms with van der Waals surface area (Å²) in [4.78, 5) is 4.77. The van der Waals surface area contributed by atoms with E-state index in [0.717, 1.165) is 42.2 Å². The molecule has 1 aliphatic rings. The van der Waals surface area contributed by atoms with Gasteiger partial charge in [0.05, 0.1) is 6.54 Å². The number of hydrogen-bond acceptors (Lipinski definition) is 4. The van der Waals surface area contributed by atoms with Crippen LogP contribution < -0.4 is 16.0 Å². The minimum absolute atomic E-state index is 0.170. The highest BCUT2D eigenvalue weighted by molar-refractivity contribution is 7.83. The Morgan fingerprint density at radius 1 is 1.11 bits per heavy atom. The summed E-state index contributed by atoms with van der Waals surface area (Å²) >= 11 is 16.5. The van der Waals surface area contributed by atoms with Crippen LogP contribution in [0, 0.1) is 0 Å². The molecule has 2 aromatic rings. The average molecular weight is 421 g/mol. The summed E-state index contributed by atoms with van der Waals surface area (Å²) in [7, 11) is 0. The SMILES string of the molecule is S/C=C\CCNCCN=C1NC(c2ccc(Cl)cc2Cl)Nc2ccccc21. The van der Waals surface area contributed by atoms with E-state index < -0.39 is 0 Å². The van der Waals surface area contributed by atoms with E-state index >= 15 is 0 Å². The third-order valence-corrected chi connectivity index (χ3v) is 4.96. The first-order chi connectivity index (χ1) is 13.2. The van der Waals surface area contributed by atoms with Crippen molar-refractivity contribution in [2.24, 2.45) is 4.99 Å². The van der Waals surface area contributed by atoms with Gasteiger partial charge in [0.2, 0.25) is 0 Å². The molecule has 27 heavy (non-hydrogen) atoms. The molecule has 0 radical (unpaired) electrons. The van der Waals surface area contributed by atoms with E-state index in [1.165, 1.54) is 0 Å². The van der Waals surface area contributed by atoms with Gasteiger partial charge in [0, 0.05) is 33.4 Å². The summed E-state index contributed by atoms with van der Waals surface area (Å²) in [6.07, 6.45) is 2.81. The molecule has 0 bridgehead atoms. The Balaban J connectivity index is 1.73. The molecule has 0 spiro atoms. The number of thiol groups is 1. The number of rotatable bonds is 7. The Kier molecular flexibility index (Phi) is 7.47. The summed E-state index contributed by atoms with van der Waals surface area (Å²) in [5, 5.41) is 13.3. The molecule has 2 aromatic carbocycles. The number of hydrogen-bond donors (Lipinski definition) is 4. The van der Waals surface area contributed by atoms with Gasteiger partial charge in [-0.25, -0.2) is 0 Å². The molecule has 0 fully saturated rings. The lowest BCUT2D eigenvalue weighted by Gasteiger charge is -2.31. The van der Waals surface area contributed by atoms with Crippen LogP contribution in [0.2, 0.25) is 10.0 Å². The molecule has 3 rings (SSSR count). The molecule has 0 aliphatic carbocycles. The van der Waals surface area contributed by atoms with Gasteiger partial charge in [-0.2, -0.15) is 12.6 Å². The summed E-state index contributed by atoms with van der Waals surface area (Å²) in [5.41, 5.74) is 3.01. The van der Waals surface area contributed by atoms with Gasteiger partial charge in [-0.3, -0.25) is 4.99 Å². The van der Waals surface area contributed by atoms with Crippen molar-refractivity contribution in [3.05, 3.63) is 75.1 Å². The Labute approximate surface area is 175 Å². The number of anilines is 1. The molecule has 7 heteroatoms. The predicted octanol–water partition coefficient (Wildman–Crippen LogP) is 4.88. The lowest BCUT2D eigenvalue weighted by Crippen LogP contribution is -2.39. The van der Waals surface area contributed by atoms with Gasteiger partial charge in [0.25, 0.3) is 0 Å². The normalized spacial score (nSPS) is 17.6. The maximum absolute atomic E-state index is 6.40. The van der Waals surface area contributed by atoms with E-state index in [-0.39, 0.29) is 6.17 Å². The fourth-order valence-corrected chi connectivity index (χ4v) is 3.54. The molecule has 0 aromatic heterocycles. The van der Waals surface area contributed by atoms with Crippen molar-refractivity contribution in [2.45, 2.75) is 12.6 Å². The van der Waals surface area contributed by atoms with Crippen LogP contribution in [-0.4, -0.2) is 25.5 Å². The fraction of sp³-hybridized carbons (Fsp3) is 0.250. The highest BCUT2D eigenvalue weighted by atomic mass is 35.5. The van der Waals surface area contributed by atoms with Gasteiger partial charge in [-0.1, -0.05) is 47.5 Å². The van der Waals surface area contributed by atoms with E-state index in [4.69, 9.17) is 28.2 Å². The number of nitrogens with one attached hydrogen (secondary N) is 3. The third-order valence-electron chi connectivity index (χ3n) is 4.19. The number of amidine groups is 1. The molecule has 1 heterocycles. The topological polar surface area (TPSA) is 48.5 Å². The first-order valence-electron chi connectivity index (χ1n) is 8.81. The molecule has 0 amide bonds. The highest BCUT2D eigenvalue weighted by Gasteiger charge is 2.24. The second kappa shape index (κ2) is 10.0. The van der Waals surface area contributed by atoms with Crippen LogP contribution in [0.4, 0.5) is 5.69 Å². The van der Waals surface area contributed by atoms with Crippen LogP contribution in [0.5, 0.6) is 0 Å². The van der Waals surface area contributed by atoms with Gasteiger partial charge < -0.3 is 16.0 Å². The summed E-state index contributed by atoms with van der Waals surface area (Å²) in [6.45, 7) is 2.41. The molecule has 4 nitrogen and oxygen atoms in total. The van der Waals surface area contributed by atoms with Gasteiger partial charge >= 0.3 is 0 Å². The molecule has 0 saturated heterocycles. The maximum atomic E-state index is 6.40. The van der Waals surface area contributed by atoms with Crippen molar-refractivity contribution in [3.8, 4) is 0 Å². The standard InChI is InChI=1S/C20H22Cl2N4S/c21-14-7-8-15(17(22)13-14)20-25-18-6-2-1-5-16(18)19(26-20)24-11-10-23-9-3-4-12-27/h1-2,4-8,12-13,20,23,25,27H,3,9-11H2,(H,24,26)/b12-4-. The summed E-state index contributed by atoms with van der Waals surface area (Å²) < 4.78 is 0. The van der Waals surface area contributed by atoms with Crippen LogP contribution in [0.25, 0.3) is 0 Å². The van der Waals surface area contributed by atoms with Crippen molar-refractivity contribution in [1.82, 2.24) is 10.6 Å². The Morgan fingerprint density at radius 2 is 1.96 bits per heavy atom. The molecule has 1 atom stereocenters. The monoisotopic (exact) mass is 420 g/mol. The molecule has 1 unspecified atom stereocenters. The molecule has 142 valence electrons. The van der Waals surface area contributed by atoms with Crippen molar-refractivity contribution in [2.75, 3.05) is 25.0 Å². The first kappa shape index (κ1) is 20.1. The third kappa shape index (κ3) is 5.42. The quantitative estimate of drug-likeness (QED) is 0.381. The largest absolute Gasteiger partial charge is 0.361 e. The van der Waals surface area contributed by atoms with E-state index in [1.54, 1.807) is 11.5 Å². The van der Waals surface area contributed by atoms with Gasteiger partial charge in [-0.05, 0) is 42.6 Å². The Hall–Kier alpha value is -1.66. The predicted molar refractivity (Wildman–Crippen MR) is 119 cm³/mol. The highest BCUT2D eigenvalue weighted by Crippen LogP contribution is 2.31. The lowest BCUT2D eigenvalue weighted by atomic mass is 10.1. The smallest absolute Gasteiger partial charge is 0.132 e.